The summed E-state index contributed by atoms with van der Waals surface area (Å²) in [6.07, 6.45) is 3.81. The van der Waals surface area contributed by atoms with Gasteiger partial charge in [0, 0.05) is 17.7 Å². The first-order valence-corrected chi connectivity index (χ1v) is 7.98. The van der Waals surface area contributed by atoms with E-state index in [1.165, 1.54) is 5.75 Å². The summed E-state index contributed by atoms with van der Waals surface area (Å²) < 4.78 is 11.6. The third-order valence-electron chi connectivity index (χ3n) is 3.80. The van der Waals surface area contributed by atoms with Crippen molar-refractivity contribution in [2.45, 2.75) is 37.4 Å². The van der Waals surface area contributed by atoms with Gasteiger partial charge >= 0.3 is 0 Å². The van der Waals surface area contributed by atoms with Crippen molar-refractivity contribution in [3.63, 3.8) is 0 Å². The predicted octanol–water partition coefficient (Wildman–Crippen LogP) is 2.65. The van der Waals surface area contributed by atoms with Crippen molar-refractivity contribution >= 4 is 11.8 Å². The average molecular weight is 280 g/mol. The van der Waals surface area contributed by atoms with E-state index in [1.54, 1.807) is 7.11 Å². The summed E-state index contributed by atoms with van der Waals surface area (Å²) in [5, 5.41) is 10.1. The molecular formula is C15H20O3S. The number of aliphatic hydroxyl groups is 1. The smallest absolute Gasteiger partial charge is 0.164 e. The maximum Gasteiger partial charge on any atom is 0.164 e. The van der Waals surface area contributed by atoms with Crippen LogP contribution < -0.4 is 9.47 Å². The summed E-state index contributed by atoms with van der Waals surface area (Å²) in [6, 6.07) is 5.93. The lowest BCUT2D eigenvalue weighted by atomic mass is 10.0. The molecule has 0 aromatic heterocycles. The Kier molecular flexibility index (Phi) is 3.63. The van der Waals surface area contributed by atoms with Crippen molar-refractivity contribution in [2.24, 2.45) is 0 Å². The molecule has 1 saturated carbocycles. The summed E-state index contributed by atoms with van der Waals surface area (Å²) in [6.45, 7) is 0. The fourth-order valence-corrected chi connectivity index (χ4v) is 3.54. The average Bonchev–Trinajstić information content (AvgIpc) is 2.92. The van der Waals surface area contributed by atoms with Gasteiger partial charge in [-0.1, -0.05) is 12.1 Å². The number of benzene rings is 1. The molecule has 3 nitrogen and oxygen atoms in total. The van der Waals surface area contributed by atoms with Crippen LogP contribution in [0.2, 0.25) is 0 Å². The second kappa shape index (κ2) is 5.25. The third-order valence-corrected chi connectivity index (χ3v) is 4.93. The van der Waals surface area contributed by atoms with E-state index < -0.39 is 5.60 Å². The van der Waals surface area contributed by atoms with Gasteiger partial charge in [0.15, 0.2) is 11.5 Å². The van der Waals surface area contributed by atoms with E-state index in [9.17, 15) is 5.11 Å². The molecule has 19 heavy (non-hydrogen) atoms. The Morgan fingerprint density at radius 1 is 1.42 bits per heavy atom. The fraction of sp³-hybridized carbons (Fsp3) is 0.600. The van der Waals surface area contributed by atoms with Crippen LogP contribution in [0.3, 0.4) is 0 Å². The molecule has 4 heteroatoms. The molecule has 2 fully saturated rings. The molecule has 1 aliphatic carbocycles. The van der Waals surface area contributed by atoms with E-state index in [2.05, 4.69) is 0 Å². The summed E-state index contributed by atoms with van der Waals surface area (Å²) in [5.74, 6) is 3.82. The second-order valence-corrected chi connectivity index (χ2v) is 6.60. The van der Waals surface area contributed by atoms with E-state index in [0.717, 1.165) is 42.1 Å². The number of rotatable bonds is 5. The predicted molar refractivity (Wildman–Crippen MR) is 77.2 cm³/mol. The van der Waals surface area contributed by atoms with E-state index in [0.29, 0.717) is 6.42 Å². The standard InChI is InChI=1S/C15H20O3S/c1-17-13-4-2-3-11(9-15(16)6-7-15)14(13)18-12-5-8-19-10-12/h2-4,12,16H,5-10H2,1H3. The van der Waals surface area contributed by atoms with Crippen molar-refractivity contribution in [3.05, 3.63) is 23.8 Å². The van der Waals surface area contributed by atoms with E-state index in [1.807, 2.05) is 30.0 Å². The molecule has 1 aromatic rings. The van der Waals surface area contributed by atoms with Crippen molar-refractivity contribution in [1.82, 2.24) is 0 Å². The lowest BCUT2D eigenvalue weighted by Gasteiger charge is -2.20. The highest BCUT2D eigenvalue weighted by Crippen LogP contribution is 2.43. The topological polar surface area (TPSA) is 38.7 Å². The first-order chi connectivity index (χ1) is 9.20. The molecule has 1 atom stereocenters. The number of thioether (sulfide) groups is 1. The molecule has 104 valence electrons. The number of ether oxygens (including phenoxy) is 2. The van der Waals surface area contributed by atoms with Crippen molar-refractivity contribution in [1.29, 1.82) is 0 Å². The van der Waals surface area contributed by atoms with E-state index >= 15 is 0 Å². The lowest BCUT2D eigenvalue weighted by molar-refractivity contribution is 0.147. The molecule has 1 aliphatic heterocycles. The zero-order valence-electron chi connectivity index (χ0n) is 11.2. The molecule has 1 heterocycles. The van der Waals surface area contributed by atoms with E-state index in [4.69, 9.17) is 9.47 Å². The number of hydrogen-bond donors (Lipinski definition) is 1. The van der Waals surface area contributed by atoms with Crippen molar-refractivity contribution in [3.8, 4) is 11.5 Å². The van der Waals surface area contributed by atoms with Gasteiger partial charge in [0.2, 0.25) is 0 Å². The third kappa shape index (κ3) is 3.00. The maximum absolute atomic E-state index is 10.1. The van der Waals surface area contributed by atoms with Crippen LogP contribution in [0.4, 0.5) is 0 Å². The van der Waals surface area contributed by atoms with Crippen LogP contribution in [0.1, 0.15) is 24.8 Å². The largest absolute Gasteiger partial charge is 0.493 e. The van der Waals surface area contributed by atoms with Gasteiger partial charge in [-0.2, -0.15) is 11.8 Å². The number of hydrogen-bond acceptors (Lipinski definition) is 4. The summed E-state index contributed by atoms with van der Waals surface area (Å²) in [7, 11) is 1.67. The summed E-state index contributed by atoms with van der Waals surface area (Å²) >= 11 is 1.93. The Bertz CT molecular complexity index is 451. The molecule has 0 bridgehead atoms. The molecular weight excluding hydrogens is 260 g/mol. The molecule has 2 aliphatic rings. The molecule has 0 amide bonds. The SMILES string of the molecule is COc1cccc(CC2(O)CC2)c1OC1CCSC1. The van der Waals surface area contributed by atoms with Crippen molar-refractivity contribution < 1.29 is 14.6 Å². The molecule has 1 unspecified atom stereocenters. The number of para-hydroxylation sites is 1. The highest BCUT2D eigenvalue weighted by molar-refractivity contribution is 7.99. The summed E-state index contributed by atoms with van der Waals surface area (Å²) in [4.78, 5) is 0. The van der Waals surface area contributed by atoms with Gasteiger partial charge in [0.25, 0.3) is 0 Å². The van der Waals surface area contributed by atoms with Gasteiger partial charge in [-0.15, -0.1) is 0 Å². The van der Waals surface area contributed by atoms with Crippen LogP contribution >= 0.6 is 11.8 Å². The molecule has 1 aromatic carbocycles. The molecule has 0 radical (unpaired) electrons. The lowest BCUT2D eigenvalue weighted by Crippen LogP contribution is -2.18. The Morgan fingerprint density at radius 2 is 2.26 bits per heavy atom. The Hall–Kier alpha value is -0.870. The molecule has 1 N–H and O–H groups in total. The normalized spacial score (nSPS) is 24.2. The maximum atomic E-state index is 10.1. The minimum Gasteiger partial charge on any atom is -0.493 e. The zero-order valence-corrected chi connectivity index (χ0v) is 12.0. The van der Waals surface area contributed by atoms with Crippen molar-refractivity contribution in [2.75, 3.05) is 18.6 Å². The monoisotopic (exact) mass is 280 g/mol. The number of methoxy groups -OCH3 is 1. The van der Waals surface area contributed by atoms with Gasteiger partial charge in [-0.05, 0) is 31.1 Å². The Labute approximate surface area is 118 Å². The fourth-order valence-electron chi connectivity index (χ4n) is 2.44. The van der Waals surface area contributed by atoms with Gasteiger partial charge in [0.1, 0.15) is 6.10 Å². The van der Waals surface area contributed by atoms with Gasteiger partial charge < -0.3 is 14.6 Å². The zero-order chi connectivity index (χ0) is 13.3. The Balaban J connectivity index is 1.84. The van der Waals surface area contributed by atoms with Gasteiger partial charge in [-0.3, -0.25) is 0 Å². The van der Waals surface area contributed by atoms with Gasteiger partial charge in [0.05, 0.1) is 12.7 Å². The quantitative estimate of drug-likeness (QED) is 0.900. The van der Waals surface area contributed by atoms with Gasteiger partial charge in [-0.25, -0.2) is 0 Å². The van der Waals surface area contributed by atoms with Crippen LogP contribution in [-0.4, -0.2) is 35.4 Å². The molecule has 1 saturated heterocycles. The summed E-state index contributed by atoms with van der Waals surface area (Å²) in [5.41, 5.74) is 0.561. The molecule has 0 spiro atoms. The first kappa shape index (κ1) is 13.1. The Morgan fingerprint density at radius 3 is 2.89 bits per heavy atom. The van der Waals surface area contributed by atoms with Crippen LogP contribution in [0.15, 0.2) is 18.2 Å². The van der Waals surface area contributed by atoms with Crippen LogP contribution in [-0.2, 0) is 6.42 Å². The van der Waals surface area contributed by atoms with Crippen LogP contribution in [0.25, 0.3) is 0 Å². The minimum absolute atomic E-state index is 0.272. The minimum atomic E-state index is -0.505. The van der Waals surface area contributed by atoms with Crippen LogP contribution in [0, 0.1) is 0 Å². The molecule has 3 rings (SSSR count). The second-order valence-electron chi connectivity index (χ2n) is 5.45. The highest BCUT2D eigenvalue weighted by Gasteiger charge is 2.41. The highest BCUT2D eigenvalue weighted by atomic mass is 32.2. The van der Waals surface area contributed by atoms with E-state index in [-0.39, 0.29) is 6.10 Å². The van der Waals surface area contributed by atoms with Crippen LogP contribution in [0.5, 0.6) is 11.5 Å². The first-order valence-electron chi connectivity index (χ1n) is 6.83.